The number of halogens is 1. The molecule has 1 aromatic heterocycles. The van der Waals surface area contributed by atoms with Gasteiger partial charge in [0.05, 0.1) is 29.5 Å². The van der Waals surface area contributed by atoms with E-state index in [9.17, 15) is 4.79 Å². The zero-order chi connectivity index (χ0) is 26.6. The first-order valence-corrected chi connectivity index (χ1v) is 13.8. The minimum Gasteiger partial charge on any atom is -0.489 e. The molecular formula is C30H25ClN4O3S. The van der Waals surface area contributed by atoms with Crippen molar-refractivity contribution in [1.82, 2.24) is 14.7 Å². The van der Waals surface area contributed by atoms with Crippen molar-refractivity contribution in [3.05, 3.63) is 106 Å². The predicted molar refractivity (Wildman–Crippen MR) is 155 cm³/mol. The Bertz CT molecular complexity index is 1540. The van der Waals surface area contributed by atoms with Crippen molar-refractivity contribution in [2.75, 3.05) is 26.3 Å². The lowest BCUT2D eigenvalue weighted by Gasteiger charge is -2.27. The Balaban J connectivity index is 1.27. The summed E-state index contributed by atoms with van der Waals surface area (Å²) in [5.74, 6) is 0.495. The molecule has 7 nitrogen and oxygen atoms in total. The zero-order valence-electron chi connectivity index (χ0n) is 21.0. The van der Waals surface area contributed by atoms with Crippen LogP contribution in [0.15, 0.2) is 95.0 Å². The highest BCUT2D eigenvalue weighted by Gasteiger charge is 2.28. The molecule has 196 valence electrons. The lowest BCUT2D eigenvalue weighted by molar-refractivity contribution is -0.113. The van der Waals surface area contributed by atoms with E-state index >= 15 is 0 Å². The van der Waals surface area contributed by atoms with Crippen molar-refractivity contribution in [2.24, 2.45) is 4.99 Å². The van der Waals surface area contributed by atoms with Crippen LogP contribution < -0.4 is 4.74 Å². The van der Waals surface area contributed by atoms with Crippen molar-refractivity contribution in [1.29, 1.82) is 0 Å². The molecule has 6 rings (SSSR count). The first-order valence-electron chi connectivity index (χ1n) is 12.6. The van der Waals surface area contributed by atoms with Gasteiger partial charge in [-0.25, -0.2) is 4.68 Å². The smallest absolute Gasteiger partial charge is 0.286 e. The summed E-state index contributed by atoms with van der Waals surface area (Å²) >= 11 is 7.66. The maximum atomic E-state index is 12.8. The van der Waals surface area contributed by atoms with Crippen molar-refractivity contribution < 1.29 is 14.3 Å². The van der Waals surface area contributed by atoms with Crippen molar-refractivity contribution >= 4 is 40.5 Å². The quantitative estimate of drug-likeness (QED) is 0.268. The maximum Gasteiger partial charge on any atom is 0.286 e. The van der Waals surface area contributed by atoms with Gasteiger partial charge in [0.2, 0.25) is 0 Å². The molecule has 1 fully saturated rings. The van der Waals surface area contributed by atoms with E-state index in [1.807, 2.05) is 95.8 Å². The van der Waals surface area contributed by atoms with Crippen molar-refractivity contribution in [3.8, 4) is 22.7 Å². The van der Waals surface area contributed by atoms with E-state index in [0.29, 0.717) is 29.7 Å². The normalized spacial score (nSPS) is 16.5. The third-order valence-electron chi connectivity index (χ3n) is 6.42. The van der Waals surface area contributed by atoms with Gasteiger partial charge in [-0.15, -0.1) is 0 Å². The molecule has 39 heavy (non-hydrogen) atoms. The van der Waals surface area contributed by atoms with Crippen LogP contribution in [-0.2, 0) is 16.1 Å². The average molecular weight is 557 g/mol. The number of hydrogen-bond donors (Lipinski definition) is 0. The molecule has 0 saturated carbocycles. The first-order chi connectivity index (χ1) is 19.1. The van der Waals surface area contributed by atoms with Gasteiger partial charge >= 0.3 is 0 Å². The molecule has 2 aliphatic rings. The number of carbonyl (C=O) groups is 1. The van der Waals surface area contributed by atoms with Crippen LogP contribution in [0.1, 0.15) is 11.1 Å². The highest BCUT2D eigenvalue weighted by atomic mass is 35.5. The number of carbonyl (C=O) groups excluding carboxylic acids is 1. The summed E-state index contributed by atoms with van der Waals surface area (Å²) in [7, 11) is 0. The van der Waals surface area contributed by atoms with E-state index in [1.165, 1.54) is 11.8 Å². The van der Waals surface area contributed by atoms with Gasteiger partial charge in [-0.05, 0) is 60.3 Å². The van der Waals surface area contributed by atoms with E-state index in [1.54, 1.807) is 0 Å². The van der Waals surface area contributed by atoms with Crippen LogP contribution in [-0.4, -0.2) is 52.1 Å². The predicted octanol–water partition coefficient (Wildman–Crippen LogP) is 6.07. The number of ether oxygens (including phenoxy) is 2. The Morgan fingerprint density at radius 2 is 1.72 bits per heavy atom. The number of aliphatic imine (C=N–C) groups is 1. The van der Waals surface area contributed by atoms with E-state index < -0.39 is 0 Å². The maximum absolute atomic E-state index is 12.8. The van der Waals surface area contributed by atoms with Gasteiger partial charge in [-0.1, -0.05) is 48.0 Å². The van der Waals surface area contributed by atoms with Crippen LogP contribution in [0.3, 0.4) is 0 Å². The molecule has 1 amide bonds. The van der Waals surface area contributed by atoms with Gasteiger partial charge in [0.15, 0.2) is 5.17 Å². The summed E-state index contributed by atoms with van der Waals surface area (Å²) in [6.07, 6.45) is 3.83. The summed E-state index contributed by atoms with van der Waals surface area (Å²) in [5, 5.41) is 6.30. The van der Waals surface area contributed by atoms with Gasteiger partial charge < -0.3 is 14.4 Å². The molecular weight excluding hydrogens is 532 g/mol. The molecule has 2 aliphatic heterocycles. The zero-order valence-corrected chi connectivity index (χ0v) is 22.6. The highest BCUT2D eigenvalue weighted by molar-refractivity contribution is 8.18. The third-order valence-corrected chi connectivity index (χ3v) is 7.83. The van der Waals surface area contributed by atoms with Crippen molar-refractivity contribution in [2.45, 2.75) is 6.61 Å². The number of amidine groups is 1. The number of hydrogen-bond acceptors (Lipinski definition) is 6. The minimum absolute atomic E-state index is 0.233. The summed E-state index contributed by atoms with van der Waals surface area (Å²) < 4.78 is 13.2. The van der Waals surface area contributed by atoms with E-state index in [-0.39, 0.29) is 5.91 Å². The number of para-hydroxylation sites is 1. The van der Waals surface area contributed by atoms with Crippen LogP contribution in [0.5, 0.6) is 5.75 Å². The van der Waals surface area contributed by atoms with Gasteiger partial charge in [-0.2, -0.15) is 10.1 Å². The Hall–Kier alpha value is -3.85. The number of benzene rings is 3. The second-order valence-corrected chi connectivity index (χ2v) is 10.4. The van der Waals surface area contributed by atoms with Crippen LogP contribution >= 0.6 is 23.4 Å². The summed E-state index contributed by atoms with van der Waals surface area (Å²) in [4.78, 5) is 19.8. The van der Waals surface area contributed by atoms with Crippen LogP contribution in [0.2, 0.25) is 5.02 Å². The number of aromatic nitrogens is 2. The monoisotopic (exact) mass is 556 g/mol. The van der Waals surface area contributed by atoms with E-state index in [2.05, 4.69) is 9.89 Å². The largest absolute Gasteiger partial charge is 0.489 e. The Kier molecular flexibility index (Phi) is 7.49. The van der Waals surface area contributed by atoms with Gasteiger partial charge in [-0.3, -0.25) is 4.79 Å². The third kappa shape index (κ3) is 5.78. The molecule has 0 spiro atoms. The fraction of sp³-hybridized carbons (Fsp3) is 0.167. The number of morpholine rings is 1. The molecule has 0 N–H and O–H groups in total. The second kappa shape index (κ2) is 11.5. The van der Waals surface area contributed by atoms with Crippen molar-refractivity contribution in [3.63, 3.8) is 0 Å². The molecule has 0 aliphatic carbocycles. The van der Waals surface area contributed by atoms with Crippen LogP contribution in [0, 0.1) is 0 Å². The highest BCUT2D eigenvalue weighted by Crippen LogP contribution is 2.34. The van der Waals surface area contributed by atoms with Crippen LogP contribution in [0.25, 0.3) is 23.0 Å². The van der Waals surface area contributed by atoms with Gasteiger partial charge in [0.1, 0.15) is 12.4 Å². The Labute approximate surface area is 235 Å². The summed E-state index contributed by atoms with van der Waals surface area (Å²) in [5.41, 5.74) is 4.36. The first kappa shape index (κ1) is 25.4. The van der Waals surface area contributed by atoms with E-state index in [4.69, 9.17) is 26.2 Å². The molecule has 0 atom stereocenters. The van der Waals surface area contributed by atoms with E-state index in [0.717, 1.165) is 52.1 Å². The van der Waals surface area contributed by atoms with Crippen LogP contribution in [0.4, 0.5) is 0 Å². The molecule has 0 radical (unpaired) electrons. The fourth-order valence-electron chi connectivity index (χ4n) is 4.34. The number of amides is 1. The SMILES string of the molecule is O=C1N=C(N2CCOCC2)S/C1=C/c1cn(-c2ccccc2)nc1-c1ccc(OCc2ccccc2Cl)cc1. The van der Waals surface area contributed by atoms with Gasteiger partial charge in [0, 0.05) is 41.0 Å². The molecule has 4 aromatic rings. The lowest BCUT2D eigenvalue weighted by atomic mass is 10.1. The second-order valence-electron chi connectivity index (χ2n) is 9.03. The fourth-order valence-corrected chi connectivity index (χ4v) is 5.49. The summed E-state index contributed by atoms with van der Waals surface area (Å²) in [6.45, 7) is 3.12. The molecule has 3 aromatic carbocycles. The number of rotatable bonds is 6. The standard InChI is InChI=1S/C30H25ClN4O3S/c31-26-9-5-4-6-22(26)20-38-25-12-10-21(11-13-25)28-23(19-35(33-28)24-7-2-1-3-8-24)18-27-29(36)32-30(39-27)34-14-16-37-17-15-34/h1-13,18-19H,14-17,20H2/b27-18+. The molecule has 0 bridgehead atoms. The molecule has 9 heteroatoms. The minimum atomic E-state index is -0.233. The Morgan fingerprint density at radius 3 is 2.49 bits per heavy atom. The lowest BCUT2D eigenvalue weighted by Crippen LogP contribution is -2.38. The summed E-state index contributed by atoms with van der Waals surface area (Å²) in [6, 6.07) is 25.3. The Morgan fingerprint density at radius 1 is 0.974 bits per heavy atom. The average Bonchev–Trinajstić information content (AvgIpc) is 3.57. The molecule has 3 heterocycles. The topological polar surface area (TPSA) is 69.0 Å². The molecule has 1 saturated heterocycles. The van der Waals surface area contributed by atoms with Gasteiger partial charge in [0.25, 0.3) is 5.91 Å². The molecule has 0 unspecified atom stereocenters. The number of nitrogens with zero attached hydrogens (tertiary/aromatic N) is 4. The number of thioether (sulfide) groups is 1.